The van der Waals surface area contributed by atoms with Gasteiger partial charge in [-0.1, -0.05) is 30.3 Å². The van der Waals surface area contributed by atoms with Gasteiger partial charge in [-0.15, -0.1) is 0 Å². The van der Waals surface area contributed by atoms with Gasteiger partial charge in [-0.05, 0) is 62.2 Å². The Morgan fingerprint density at radius 2 is 1.71 bits per heavy atom. The number of methoxy groups -OCH3 is 1. The Bertz CT molecular complexity index is 1940. The molecule has 48 heavy (non-hydrogen) atoms. The summed E-state index contributed by atoms with van der Waals surface area (Å²) in [5.74, 6) is -1.00. The summed E-state index contributed by atoms with van der Waals surface area (Å²) >= 11 is 0. The van der Waals surface area contributed by atoms with Crippen LogP contribution >= 0.6 is 0 Å². The summed E-state index contributed by atoms with van der Waals surface area (Å²) in [6.45, 7) is 4.80. The lowest BCUT2D eigenvalue weighted by Crippen LogP contribution is -2.65. The number of alkyl halides is 3. The number of primary amides is 1. The SMILES string of the molecule is CO[C@@H]1[C@@H](OC(N)=O)[C@@H](O)[C@H](Oc2ccc3c(O)c(CC(=O)c4cccc(-c5cccc(C(F)(F)F)c5)c4)c(=O)oc3c2C)OC1(C)C. The molecule has 5 rings (SSSR count). The molecule has 1 fully saturated rings. The maximum atomic E-state index is 13.3. The number of nitrogens with two attached hydrogens (primary N) is 1. The number of amides is 1. The topological polar surface area (TPSA) is 168 Å². The van der Waals surface area contributed by atoms with Gasteiger partial charge >= 0.3 is 17.9 Å². The maximum absolute atomic E-state index is 13.3. The van der Waals surface area contributed by atoms with E-state index in [1.165, 1.54) is 56.5 Å². The van der Waals surface area contributed by atoms with Gasteiger partial charge in [0.15, 0.2) is 18.0 Å². The highest BCUT2D eigenvalue weighted by Gasteiger charge is 2.53. The van der Waals surface area contributed by atoms with Crippen molar-refractivity contribution in [1.29, 1.82) is 0 Å². The third-order valence-electron chi connectivity index (χ3n) is 8.15. The lowest BCUT2D eigenvalue weighted by Gasteiger charge is -2.47. The second-order valence-corrected chi connectivity index (χ2v) is 11.8. The lowest BCUT2D eigenvalue weighted by atomic mass is 9.89. The first-order chi connectivity index (χ1) is 22.5. The summed E-state index contributed by atoms with van der Waals surface area (Å²) in [5.41, 5.74) is 2.77. The Hall–Kier alpha value is -4.92. The molecule has 1 aliphatic heterocycles. The van der Waals surface area contributed by atoms with Gasteiger partial charge in [-0.25, -0.2) is 9.59 Å². The highest BCUT2D eigenvalue weighted by atomic mass is 19.4. The molecule has 11 nitrogen and oxygen atoms in total. The van der Waals surface area contributed by atoms with Crippen LogP contribution in [0.3, 0.4) is 0 Å². The summed E-state index contributed by atoms with van der Waals surface area (Å²) in [6.07, 6.45) is -11.4. The van der Waals surface area contributed by atoms with Crippen molar-refractivity contribution in [3.63, 3.8) is 0 Å². The predicted molar refractivity (Wildman–Crippen MR) is 165 cm³/mol. The Kier molecular flexibility index (Phi) is 9.28. The van der Waals surface area contributed by atoms with Gasteiger partial charge < -0.3 is 39.3 Å². The number of aliphatic hydroxyl groups is 1. The fraction of sp³-hybridized carbons (Fsp3) is 0.324. The average Bonchev–Trinajstić information content (AvgIpc) is 3.02. The van der Waals surface area contributed by atoms with Gasteiger partial charge in [0.1, 0.15) is 23.2 Å². The van der Waals surface area contributed by atoms with E-state index >= 15 is 0 Å². The molecule has 1 aliphatic rings. The van der Waals surface area contributed by atoms with E-state index in [0.29, 0.717) is 5.56 Å². The van der Waals surface area contributed by atoms with E-state index in [1.54, 1.807) is 19.9 Å². The Morgan fingerprint density at radius 1 is 1.04 bits per heavy atom. The van der Waals surface area contributed by atoms with Gasteiger partial charge in [0.05, 0.1) is 22.1 Å². The minimum Gasteiger partial charge on any atom is -0.507 e. The molecular weight excluding hydrogens is 639 g/mol. The minimum atomic E-state index is -4.55. The second-order valence-electron chi connectivity index (χ2n) is 11.8. The number of aromatic hydroxyl groups is 1. The molecule has 0 radical (unpaired) electrons. The van der Waals surface area contributed by atoms with Crippen LogP contribution in [0.4, 0.5) is 18.0 Å². The van der Waals surface area contributed by atoms with Gasteiger partial charge in [0, 0.05) is 24.7 Å². The summed E-state index contributed by atoms with van der Waals surface area (Å²) in [6, 6.07) is 13.4. The number of ketones is 1. The molecule has 0 bridgehead atoms. The van der Waals surface area contributed by atoms with Crippen LogP contribution in [0, 0.1) is 6.92 Å². The molecule has 0 spiro atoms. The van der Waals surface area contributed by atoms with Crippen LogP contribution in [-0.4, -0.2) is 59.4 Å². The molecule has 4 atom stereocenters. The Labute approximate surface area is 271 Å². The van der Waals surface area contributed by atoms with E-state index in [-0.39, 0.29) is 39.0 Å². The second kappa shape index (κ2) is 12.9. The molecule has 0 unspecified atom stereocenters. The third kappa shape index (κ3) is 6.72. The molecule has 1 saturated heterocycles. The number of rotatable bonds is 8. The number of benzene rings is 3. The van der Waals surface area contributed by atoms with E-state index in [9.17, 15) is 37.8 Å². The number of carbonyl (C=O) groups is 2. The van der Waals surface area contributed by atoms with Crippen molar-refractivity contribution in [2.75, 3.05) is 7.11 Å². The predicted octanol–water partition coefficient (Wildman–Crippen LogP) is 5.27. The molecule has 4 N–H and O–H groups in total. The van der Waals surface area contributed by atoms with Crippen molar-refractivity contribution < 1.29 is 56.3 Å². The zero-order valence-corrected chi connectivity index (χ0v) is 26.2. The van der Waals surface area contributed by atoms with E-state index in [1.807, 2.05) is 0 Å². The molecular formula is C34H32F3NO10. The van der Waals surface area contributed by atoms with Gasteiger partial charge in [-0.3, -0.25) is 4.79 Å². The van der Waals surface area contributed by atoms with Crippen LogP contribution in [0.15, 0.2) is 69.9 Å². The largest absolute Gasteiger partial charge is 0.507 e. The third-order valence-corrected chi connectivity index (χ3v) is 8.15. The van der Waals surface area contributed by atoms with Crippen molar-refractivity contribution in [3.8, 4) is 22.6 Å². The fourth-order valence-corrected chi connectivity index (χ4v) is 5.77. The standard InChI is InChI=1S/C34H32F3NO10/c1-16-24(45-31-26(41)28(47-32(38)43)29(44-4)33(2,3)48-31)12-11-21-25(40)22(30(42)46-27(16)21)15-23(39)19-9-5-7-17(13-19)18-8-6-10-20(14-18)34(35,36)37/h5-14,26,28-29,31,40-41H,15H2,1-4H3,(H2,38,43)/t26-,28+,29-,31-/m1/s1. The van der Waals surface area contributed by atoms with Crippen LogP contribution < -0.4 is 16.1 Å². The zero-order valence-electron chi connectivity index (χ0n) is 26.2. The molecule has 2 heterocycles. The van der Waals surface area contributed by atoms with E-state index < -0.39 is 71.6 Å². The first kappa shape index (κ1) is 34.4. The van der Waals surface area contributed by atoms with Crippen molar-refractivity contribution in [1.82, 2.24) is 0 Å². The van der Waals surface area contributed by atoms with Gasteiger partial charge in [0.2, 0.25) is 6.29 Å². The molecule has 0 aliphatic carbocycles. The molecule has 14 heteroatoms. The minimum absolute atomic E-state index is 0.0676. The fourth-order valence-electron chi connectivity index (χ4n) is 5.77. The lowest BCUT2D eigenvalue weighted by molar-refractivity contribution is -0.304. The van der Waals surface area contributed by atoms with Crippen LogP contribution in [0.1, 0.15) is 40.9 Å². The summed E-state index contributed by atoms with van der Waals surface area (Å²) in [5, 5.41) is 22.1. The first-order valence-electron chi connectivity index (χ1n) is 14.6. The average molecular weight is 672 g/mol. The summed E-state index contributed by atoms with van der Waals surface area (Å²) in [7, 11) is 1.35. The monoisotopic (exact) mass is 671 g/mol. The van der Waals surface area contributed by atoms with E-state index in [4.69, 9.17) is 29.1 Å². The molecule has 3 aromatic carbocycles. The number of aliphatic hydroxyl groups excluding tert-OH is 1. The smallest absolute Gasteiger partial charge is 0.416 e. The van der Waals surface area contributed by atoms with Crippen LogP contribution in [-0.2, 0) is 26.8 Å². The van der Waals surface area contributed by atoms with Crippen molar-refractivity contribution in [2.24, 2.45) is 5.73 Å². The summed E-state index contributed by atoms with van der Waals surface area (Å²) < 4.78 is 67.6. The van der Waals surface area contributed by atoms with Crippen molar-refractivity contribution in [2.45, 2.75) is 63.6 Å². The summed E-state index contributed by atoms with van der Waals surface area (Å²) in [4.78, 5) is 37.9. The number of Topliss-reactive ketones (excluding diaryl/α,β-unsaturated/α-hetero) is 1. The molecule has 1 amide bonds. The number of fused-ring (bicyclic) bond motifs is 1. The molecule has 1 aromatic heterocycles. The van der Waals surface area contributed by atoms with E-state index in [2.05, 4.69) is 0 Å². The quantitative estimate of drug-likeness (QED) is 0.166. The van der Waals surface area contributed by atoms with Gasteiger partial charge in [-0.2, -0.15) is 13.2 Å². The molecule has 254 valence electrons. The zero-order chi connectivity index (χ0) is 35.1. The number of hydrogen-bond acceptors (Lipinski definition) is 10. The first-order valence-corrected chi connectivity index (χ1v) is 14.6. The molecule has 4 aromatic rings. The number of ether oxygens (including phenoxy) is 4. The van der Waals surface area contributed by atoms with Crippen molar-refractivity contribution in [3.05, 3.63) is 93.3 Å². The van der Waals surface area contributed by atoms with Crippen LogP contribution in [0.25, 0.3) is 22.1 Å². The van der Waals surface area contributed by atoms with E-state index in [0.717, 1.165) is 12.1 Å². The Balaban J connectivity index is 1.41. The van der Waals surface area contributed by atoms with Crippen molar-refractivity contribution >= 4 is 22.8 Å². The number of carbonyl (C=O) groups excluding carboxylic acids is 2. The normalized spacial score (nSPS) is 20.8. The van der Waals surface area contributed by atoms with Crippen LogP contribution in [0.5, 0.6) is 11.5 Å². The maximum Gasteiger partial charge on any atom is 0.416 e. The molecule has 0 saturated carbocycles. The van der Waals surface area contributed by atoms with Crippen LogP contribution in [0.2, 0.25) is 0 Å². The number of hydrogen-bond donors (Lipinski definition) is 3. The highest BCUT2D eigenvalue weighted by molar-refractivity contribution is 6.00. The number of aryl methyl sites for hydroxylation is 1. The Morgan fingerprint density at radius 3 is 2.35 bits per heavy atom. The van der Waals surface area contributed by atoms with Gasteiger partial charge in [0.25, 0.3) is 0 Å². The highest BCUT2D eigenvalue weighted by Crippen LogP contribution is 2.38. The number of halogens is 3.